The molecule has 3 N–H and O–H groups in total. The number of halogens is 1. The van der Waals surface area contributed by atoms with Gasteiger partial charge in [-0.25, -0.2) is 0 Å². The normalized spacial score (nSPS) is 22.1. The first-order chi connectivity index (χ1) is 14.2. The van der Waals surface area contributed by atoms with Crippen LogP contribution in [0, 0.1) is 5.92 Å². The summed E-state index contributed by atoms with van der Waals surface area (Å²) in [6.07, 6.45) is 8.11. The predicted molar refractivity (Wildman–Crippen MR) is 120 cm³/mol. The molecule has 0 saturated carbocycles. The number of nitrogens with one attached hydrogen (secondary N) is 3. The maximum atomic E-state index is 12.6. The van der Waals surface area contributed by atoms with E-state index in [-0.39, 0.29) is 30.1 Å². The van der Waals surface area contributed by atoms with Crippen LogP contribution in [0.1, 0.15) is 41.6 Å². The molecule has 5 rings (SSSR count). The molecule has 2 aromatic rings. The Morgan fingerprint density at radius 2 is 1.93 bits per heavy atom. The van der Waals surface area contributed by atoms with Crippen molar-refractivity contribution in [1.29, 1.82) is 0 Å². The molecule has 1 unspecified atom stereocenters. The second kappa shape index (κ2) is 8.66. The largest absolute Gasteiger partial charge is 0.361 e. The first-order valence-electron chi connectivity index (χ1n) is 10.5. The summed E-state index contributed by atoms with van der Waals surface area (Å²) in [5.74, 6) is 0.0842. The van der Waals surface area contributed by atoms with Crippen molar-refractivity contribution >= 4 is 41.6 Å². The van der Waals surface area contributed by atoms with E-state index in [0.717, 1.165) is 42.0 Å². The highest BCUT2D eigenvalue weighted by Gasteiger charge is 2.27. The summed E-state index contributed by atoms with van der Waals surface area (Å²) >= 11 is 0. The van der Waals surface area contributed by atoms with Crippen molar-refractivity contribution < 1.29 is 9.59 Å². The summed E-state index contributed by atoms with van der Waals surface area (Å²) in [5, 5.41) is 5.85. The number of carbonyl (C=O) groups excluding carboxylic acids is 2. The lowest BCUT2D eigenvalue weighted by Crippen LogP contribution is -2.20. The van der Waals surface area contributed by atoms with E-state index in [0.29, 0.717) is 12.0 Å². The number of hydrogen-bond acceptors (Lipinski definition) is 3. The van der Waals surface area contributed by atoms with E-state index < -0.39 is 0 Å². The number of carbonyl (C=O) groups is 2. The Morgan fingerprint density at radius 3 is 2.70 bits per heavy atom. The zero-order chi connectivity index (χ0) is 19.8. The van der Waals surface area contributed by atoms with Crippen molar-refractivity contribution in [3.63, 3.8) is 0 Å². The topological polar surface area (TPSA) is 77.2 Å². The maximum absolute atomic E-state index is 12.6. The molecular weight excluding hydrogens is 400 g/mol. The fraction of sp³-hybridized carbons (Fsp3) is 0.391. The van der Waals surface area contributed by atoms with Crippen LogP contribution in [0.15, 0.2) is 30.5 Å². The fourth-order valence-corrected chi connectivity index (χ4v) is 4.62. The molecule has 7 heteroatoms. The van der Waals surface area contributed by atoms with Crippen LogP contribution in [0.5, 0.6) is 0 Å². The molecule has 0 bridgehead atoms. The minimum absolute atomic E-state index is 0. The minimum atomic E-state index is -0.0774. The van der Waals surface area contributed by atoms with Crippen LogP contribution in [0.25, 0.3) is 11.6 Å². The number of amides is 2. The second-order valence-electron chi connectivity index (χ2n) is 8.32. The third kappa shape index (κ3) is 4.16. The predicted octanol–water partition coefficient (Wildman–Crippen LogP) is 3.20. The summed E-state index contributed by atoms with van der Waals surface area (Å²) < 4.78 is 0. The van der Waals surface area contributed by atoms with Crippen LogP contribution in [0.4, 0.5) is 5.69 Å². The fourth-order valence-electron chi connectivity index (χ4n) is 4.62. The van der Waals surface area contributed by atoms with E-state index in [1.54, 1.807) is 0 Å². The number of fused-ring (bicyclic) bond motifs is 1. The highest BCUT2D eigenvalue weighted by Crippen LogP contribution is 2.34. The molecule has 0 radical (unpaired) electrons. The number of anilines is 1. The molecule has 4 heterocycles. The van der Waals surface area contributed by atoms with Crippen molar-refractivity contribution in [3.05, 3.63) is 52.8 Å². The first-order valence-corrected chi connectivity index (χ1v) is 10.5. The molecule has 6 nitrogen and oxygen atoms in total. The van der Waals surface area contributed by atoms with Crippen LogP contribution in [0.2, 0.25) is 0 Å². The van der Waals surface area contributed by atoms with E-state index in [1.807, 2.05) is 24.4 Å². The van der Waals surface area contributed by atoms with Crippen LogP contribution < -0.4 is 10.6 Å². The molecule has 0 spiro atoms. The van der Waals surface area contributed by atoms with Crippen LogP contribution in [-0.4, -0.2) is 41.3 Å². The summed E-state index contributed by atoms with van der Waals surface area (Å²) in [5.41, 5.74) is 5.71. The third-order valence-corrected chi connectivity index (χ3v) is 6.18. The van der Waals surface area contributed by atoms with Gasteiger partial charge in [0, 0.05) is 42.1 Å². The zero-order valence-corrected chi connectivity index (χ0v) is 17.7. The van der Waals surface area contributed by atoms with E-state index in [2.05, 4.69) is 32.7 Å². The molecule has 30 heavy (non-hydrogen) atoms. The van der Waals surface area contributed by atoms with Crippen molar-refractivity contribution in [2.75, 3.05) is 25.0 Å². The Bertz CT molecular complexity index is 991. The Hall–Kier alpha value is -2.57. The highest BCUT2D eigenvalue weighted by molar-refractivity contribution is 6.34. The van der Waals surface area contributed by atoms with Crippen LogP contribution in [-0.2, 0) is 22.6 Å². The van der Waals surface area contributed by atoms with Gasteiger partial charge in [-0.15, -0.1) is 12.4 Å². The van der Waals surface area contributed by atoms with Crippen molar-refractivity contribution in [2.24, 2.45) is 5.92 Å². The lowest BCUT2D eigenvalue weighted by atomic mass is 9.95. The average Bonchev–Trinajstić information content (AvgIpc) is 3.49. The van der Waals surface area contributed by atoms with Gasteiger partial charge < -0.3 is 15.6 Å². The molecule has 0 aliphatic carbocycles. The van der Waals surface area contributed by atoms with Gasteiger partial charge in [-0.05, 0) is 74.2 Å². The number of aromatic nitrogens is 1. The first kappa shape index (κ1) is 20.7. The molecule has 1 aromatic heterocycles. The third-order valence-electron chi connectivity index (χ3n) is 6.18. The van der Waals surface area contributed by atoms with Crippen LogP contribution >= 0.6 is 12.4 Å². The number of benzene rings is 1. The molecule has 3 aliphatic heterocycles. The van der Waals surface area contributed by atoms with Gasteiger partial charge in [-0.3, -0.25) is 14.5 Å². The number of likely N-dealkylation sites (tertiary alicyclic amines) is 1. The van der Waals surface area contributed by atoms with Gasteiger partial charge >= 0.3 is 0 Å². The van der Waals surface area contributed by atoms with Crippen molar-refractivity contribution in [1.82, 2.24) is 15.2 Å². The van der Waals surface area contributed by atoms with Gasteiger partial charge in [0.25, 0.3) is 5.91 Å². The summed E-state index contributed by atoms with van der Waals surface area (Å²) in [6, 6.07) is 8.14. The molecule has 158 valence electrons. The SMILES string of the molecule is Cl.O=C1Nc2ccc(CC3CCNC3=O)cc2C1=Cc1cc(CN2CCCC2)c[nH]1. The smallest absolute Gasteiger partial charge is 0.256 e. The molecule has 2 amide bonds. The lowest BCUT2D eigenvalue weighted by molar-refractivity contribution is -0.122. The van der Waals surface area contributed by atoms with Crippen molar-refractivity contribution in [2.45, 2.75) is 32.2 Å². The monoisotopic (exact) mass is 426 g/mol. The van der Waals surface area contributed by atoms with E-state index in [9.17, 15) is 9.59 Å². The minimum Gasteiger partial charge on any atom is -0.361 e. The summed E-state index contributed by atoms with van der Waals surface area (Å²) in [6.45, 7) is 4.04. The van der Waals surface area contributed by atoms with E-state index in [1.165, 1.54) is 31.5 Å². The molecule has 1 atom stereocenters. The molecular formula is C23H27ClN4O2. The molecule has 2 fully saturated rings. The number of rotatable bonds is 5. The zero-order valence-electron chi connectivity index (χ0n) is 16.9. The van der Waals surface area contributed by atoms with Crippen LogP contribution in [0.3, 0.4) is 0 Å². The summed E-state index contributed by atoms with van der Waals surface area (Å²) in [7, 11) is 0. The number of H-pyrrole nitrogens is 1. The number of hydrogen-bond donors (Lipinski definition) is 3. The van der Waals surface area contributed by atoms with Crippen molar-refractivity contribution in [3.8, 4) is 0 Å². The maximum Gasteiger partial charge on any atom is 0.256 e. The standard InChI is InChI=1S/C23H26N4O2.ClH/c28-22-17(5-6-24-22)9-15-3-4-21-19(11-15)20(23(29)26-21)12-18-10-16(13-25-18)14-27-7-1-2-8-27;/h3-4,10-13,17,25H,1-2,5-9,14H2,(H,24,28)(H,26,29);1H. The highest BCUT2D eigenvalue weighted by atomic mass is 35.5. The number of nitrogens with zero attached hydrogens (tertiary/aromatic N) is 1. The van der Waals surface area contributed by atoms with Gasteiger partial charge in [0.1, 0.15) is 0 Å². The van der Waals surface area contributed by atoms with E-state index >= 15 is 0 Å². The average molecular weight is 427 g/mol. The Balaban J connectivity index is 0.00000218. The number of aromatic amines is 1. The Kier molecular flexibility index (Phi) is 5.97. The molecule has 2 saturated heterocycles. The molecule has 3 aliphatic rings. The molecule has 1 aromatic carbocycles. The Morgan fingerprint density at radius 1 is 1.10 bits per heavy atom. The van der Waals surface area contributed by atoms with Gasteiger partial charge in [0.05, 0.1) is 5.57 Å². The quantitative estimate of drug-likeness (QED) is 0.642. The van der Waals surface area contributed by atoms with Gasteiger partial charge in [0.15, 0.2) is 0 Å². The Labute approximate surface area is 182 Å². The van der Waals surface area contributed by atoms with Gasteiger partial charge in [-0.2, -0.15) is 0 Å². The summed E-state index contributed by atoms with van der Waals surface area (Å²) in [4.78, 5) is 30.2. The lowest BCUT2D eigenvalue weighted by Gasteiger charge is -2.12. The second-order valence-corrected chi connectivity index (χ2v) is 8.32. The van der Waals surface area contributed by atoms with E-state index in [4.69, 9.17) is 0 Å². The van der Waals surface area contributed by atoms with Gasteiger partial charge in [-0.1, -0.05) is 6.07 Å². The van der Waals surface area contributed by atoms with Gasteiger partial charge in [0.2, 0.25) is 5.91 Å².